The molecule has 0 spiro atoms. The molecule has 24 heteroatoms. The van der Waals surface area contributed by atoms with E-state index in [1.54, 1.807) is 5.32 Å². The first-order valence-corrected chi connectivity index (χ1v) is 15.6. The van der Waals surface area contributed by atoms with Crippen LogP contribution in [0.3, 0.4) is 0 Å². The molecule has 1 aliphatic heterocycles. The molecule has 1 saturated carbocycles. The van der Waals surface area contributed by atoms with E-state index in [4.69, 9.17) is 34.8 Å². The molecule has 0 radical (unpaired) electrons. The van der Waals surface area contributed by atoms with Crippen molar-refractivity contribution in [2.75, 3.05) is 10.6 Å². The van der Waals surface area contributed by atoms with Gasteiger partial charge in [-0.1, -0.05) is 17.7 Å². The van der Waals surface area contributed by atoms with Crippen molar-refractivity contribution in [3.05, 3.63) is 93.3 Å². The summed E-state index contributed by atoms with van der Waals surface area (Å²) in [5, 5.41) is 3.55. The Hall–Kier alpha value is -3.95. The second kappa shape index (κ2) is 13.3. The van der Waals surface area contributed by atoms with Crippen LogP contribution >= 0.6 is 34.8 Å². The van der Waals surface area contributed by atoms with Crippen LogP contribution in [-0.4, -0.2) is 51.7 Å². The molecule has 3 aromatic rings. The molecule has 0 bridgehead atoms. The lowest BCUT2D eigenvalue weighted by atomic mass is 9.88. The number of carbonyl (C=O) groups excluding carboxylic acids is 3. The largest absolute Gasteiger partial charge is 0.429 e. The van der Waals surface area contributed by atoms with Crippen LogP contribution in [0.25, 0.3) is 0 Å². The highest BCUT2D eigenvalue weighted by Gasteiger charge is 2.94. The van der Waals surface area contributed by atoms with Gasteiger partial charge in [-0.05, 0) is 48.0 Å². The lowest BCUT2D eigenvalue weighted by Gasteiger charge is -2.47. The van der Waals surface area contributed by atoms with E-state index >= 15 is 4.39 Å². The Morgan fingerprint density at radius 2 is 1.36 bits per heavy atom. The number of rotatable bonds is 8. The number of hydrogen-bond donors (Lipinski definition) is 2. The van der Waals surface area contributed by atoms with Gasteiger partial charge in [0.05, 0.1) is 27.8 Å². The molecule has 55 heavy (non-hydrogen) atoms. The van der Waals surface area contributed by atoms with Gasteiger partial charge in [-0.15, -0.1) is 23.2 Å². The third-order valence-corrected chi connectivity index (χ3v) is 9.70. The number of amides is 2. The van der Waals surface area contributed by atoms with Gasteiger partial charge in [0.15, 0.2) is 5.82 Å². The van der Waals surface area contributed by atoms with Crippen LogP contribution in [0.1, 0.15) is 33.0 Å². The summed E-state index contributed by atoms with van der Waals surface area (Å²) in [5.74, 6) is -41.9. The smallest absolute Gasteiger partial charge is 0.326 e. The summed E-state index contributed by atoms with van der Waals surface area (Å²) < 4.78 is 209. The maximum absolute atomic E-state index is 15.3. The van der Waals surface area contributed by atoms with E-state index in [1.807, 2.05) is 0 Å². The number of Topliss-reactive ketones (excluding diaryl/α,β-unsaturated/α-hetero) is 1. The second-order valence-electron chi connectivity index (χ2n) is 11.9. The molecule has 1 heterocycles. The van der Waals surface area contributed by atoms with Crippen LogP contribution in [0.15, 0.2) is 48.5 Å². The minimum absolute atomic E-state index is 0.192. The molecule has 6 nitrogen and oxygen atoms in total. The molecular formula is C31H14Cl3F15N2O4. The zero-order valence-corrected chi connectivity index (χ0v) is 28.2. The minimum atomic E-state index is -7.28. The Bertz CT molecular complexity index is 2120. The summed E-state index contributed by atoms with van der Waals surface area (Å²) in [6, 6.07) is 5.24. The van der Waals surface area contributed by atoms with Crippen LogP contribution in [0.2, 0.25) is 5.02 Å². The number of nitrogens with one attached hydrogen (secondary N) is 2. The Labute approximate surface area is 310 Å². The number of alkyl halides is 14. The molecule has 0 aromatic heterocycles. The molecule has 2 aliphatic rings. The molecule has 3 aromatic carbocycles. The zero-order valence-electron chi connectivity index (χ0n) is 25.9. The van der Waals surface area contributed by atoms with Crippen LogP contribution < -0.4 is 10.6 Å². The topological polar surface area (TPSA) is 84.5 Å². The molecule has 5 rings (SSSR count). The highest BCUT2D eigenvalue weighted by Crippen LogP contribution is 2.66. The van der Waals surface area contributed by atoms with Crippen LogP contribution in [0.4, 0.5) is 77.2 Å². The molecule has 2 fully saturated rings. The number of ether oxygens (including phenoxy) is 1. The van der Waals surface area contributed by atoms with Crippen molar-refractivity contribution >= 4 is 63.8 Å². The van der Waals surface area contributed by atoms with E-state index in [0.717, 1.165) is 24.3 Å². The van der Waals surface area contributed by atoms with Crippen molar-refractivity contribution in [1.29, 1.82) is 0 Å². The SMILES string of the molecule is O=C(Nc1ccc(F)c(CC(=O)C2(F)OC(F)(F)C(F)(F)C(F)(F)C2(F)F)c1F)c1cc(NC(=O)[C@H]2[C@H](c3ccc(F)c(C(F)(F)F)c3)C2(Cl)Cl)ccc1Cl. The fourth-order valence-electron chi connectivity index (χ4n) is 5.46. The highest BCUT2D eigenvalue weighted by molar-refractivity contribution is 6.53. The van der Waals surface area contributed by atoms with Gasteiger partial charge in [0.25, 0.3) is 5.91 Å². The lowest BCUT2D eigenvalue weighted by Crippen LogP contribution is -2.78. The standard InChI is InChI=1S/C31H14Cl3F15N2O4/c32-15-3-2-11(50-24(54)21-20(25(21,33)34)10-1-4-17(36)14(7-10)27(39,40)41)8-12(15)23(53)51-18-6-5-16(35)13(22(18)37)9-19(52)26(38)28(42,43)29(44,45)30(46,47)31(48,49)55-26/h1-8,20-21H,9H2,(H,50,54)(H,51,53)/t20-,21+,26?/m0/s1. The zero-order chi connectivity index (χ0) is 41.6. The third kappa shape index (κ3) is 6.73. The monoisotopic (exact) mass is 868 g/mol. The Morgan fingerprint density at radius 1 is 0.764 bits per heavy atom. The highest BCUT2D eigenvalue weighted by atomic mass is 35.5. The average molecular weight is 870 g/mol. The fraction of sp³-hybridized carbons (Fsp3) is 0.323. The number of benzene rings is 3. The number of hydrogen-bond acceptors (Lipinski definition) is 4. The van der Waals surface area contributed by atoms with Gasteiger partial charge in [-0.25, -0.2) is 13.2 Å². The van der Waals surface area contributed by atoms with Crippen molar-refractivity contribution < 1.29 is 85.0 Å². The molecule has 1 saturated heterocycles. The van der Waals surface area contributed by atoms with Gasteiger partial charge < -0.3 is 10.6 Å². The first kappa shape index (κ1) is 42.2. The Morgan fingerprint density at radius 3 is 1.96 bits per heavy atom. The average Bonchev–Trinajstić information content (AvgIpc) is 3.64. The van der Waals surface area contributed by atoms with Crippen molar-refractivity contribution in [3.63, 3.8) is 0 Å². The van der Waals surface area contributed by atoms with Crippen molar-refractivity contribution in [1.82, 2.24) is 0 Å². The Balaban J connectivity index is 1.35. The van der Waals surface area contributed by atoms with E-state index < -0.39 is 121 Å². The van der Waals surface area contributed by atoms with E-state index in [1.165, 1.54) is 0 Å². The van der Waals surface area contributed by atoms with E-state index in [9.17, 15) is 75.8 Å². The van der Waals surface area contributed by atoms with Crippen molar-refractivity contribution in [2.45, 2.75) is 52.6 Å². The second-order valence-corrected chi connectivity index (χ2v) is 13.8. The van der Waals surface area contributed by atoms with E-state index in [-0.39, 0.29) is 17.3 Å². The van der Waals surface area contributed by atoms with Crippen LogP contribution in [0.5, 0.6) is 0 Å². The van der Waals surface area contributed by atoms with Crippen molar-refractivity contribution in [3.8, 4) is 0 Å². The third-order valence-electron chi connectivity index (χ3n) is 8.43. The first-order valence-electron chi connectivity index (χ1n) is 14.5. The number of anilines is 2. The van der Waals surface area contributed by atoms with Crippen LogP contribution in [-0.2, 0) is 26.9 Å². The van der Waals surface area contributed by atoms with Gasteiger partial charge in [0, 0.05) is 23.6 Å². The molecular weight excluding hydrogens is 856 g/mol. The summed E-state index contributed by atoms with van der Waals surface area (Å²) in [6.45, 7) is 0. The molecule has 1 unspecified atom stereocenters. The molecule has 2 N–H and O–H groups in total. The molecule has 298 valence electrons. The van der Waals surface area contributed by atoms with E-state index in [2.05, 4.69) is 10.1 Å². The van der Waals surface area contributed by atoms with Gasteiger partial charge in [-0.2, -0.15) is 52.7 Å². The summed E-state index contributed by atoms with van der Waals surface area (Å²) >= 11 is 18.3. The lowest BCUT2D eigenvalue weighted by molar-refractivity contribution is -0.523. The molecule has 2 amide bonds. The number of carbonyl (C=O) groups is 3. The van der Waals surface area contributed by atoms with Gasteiger partial charge >= 0.3 is 35.9 Å². The number of ketones is 1. The van der Waals surface area contributed by atoms with Gasteiger partial charge in [-0.3, -0.25) is 19.1 Å². The quantitative estimate of drug-likeness (QED) is 0.175. The predicted octanol–water partition coefficient (Wildman–Crippen LogP) is 9.86. The summed E-state index contributed by atoms with van der Waals surface area (Å²) in [6.07, 6.45) is -14.3. The maximum Gasteiger partial charge on any atom is 0.429 e. The van der Waals surface area contributed by atoms with Crippen molar-refractivity contribution in [2.24, 2.45) is 5.92 Å². The predicted molar refractivity (Wildman–Crippen MR) is 160 cm³/mol. The minimum Gasteiger partial charge on any atom is -0.326 e. The summed E-state index contributed by atoms with van der Waals surface area (Å²) in [7, 11) is 0. The molecule has 1 aliphatic carbocycles. The first-order chi connectivity index (χ1) is 24.9. The van der Waals surface area contributed by atoms with Gasteiger partial charge in [0.2, 0.25) is 11.7 Å². The number of halogens is 18. The normalized spacial score (nSPS) is 24.5. The van der Waals surface area contributed by atoms with Gasteiger partial charge in [0.1, 0.15) is 16.0 Å². The van der Waals surface area contributed by atoms with Crippen LogP contribution in [0, 0.1) is 23.4 Å². The maximum atomic E-state index is 15.3. The molecule has 3 atom stereocenters. The van der Waals surface area contributed by atoms with E-state index in [0.29, 0.717) is 18.2 Å². The summed E-state index contributed by atoms with van der Waals surface area (Å²) in [5.41, 5.74) is -5.89. The summed E-state index contributed by atoms with van der Waals surface area (Å²) in [4.78, 5) is 38.4. The Kier molecular flexibility index (Phi) is 10.2. The fourth-order valence-corrected chi connectivity index (χ4v) is 6.49.